The van der Waals surface area contributed by atoms with E-state index >= 15 is 0 Å². The first-order valence-corrected chi connectivity index (χ1v) is 12.1. The Bertz CT molecular complexity index is 1230. The van der Waals surface area contributed by atoms with Crippen molar-refractivity contribution in [1.82, 2.24) is 0 Å². The van der Waals surface area contributed by atoms with Gasteiger partial charge in [-0.1, -0.05) is 45.2 Å². The van der Waals surface area contributed by atoms with Crippen molar-refractivity contribution < 1.29 is 13.2 Å². The third kappa shape index (κ3) is 5.47. The van der Waals surface area contributed by atoms with Gasteiger partial charge in [-0.2, -0.15) is 0 Å². The van der Waals surface area contributed by atoms with Crippen molar-refractivity contribution in [3.63, 3.8) is 0 Å². The van der Waals surface area contributed by atoms with Crippen LogP contribution in [-0.4, -0.2) is 20.9 Å². The van der Waals surface area contributed by atoms with Gasteiger partial charge in [0.2, 0.25) is 5.91 Å². The average Bonchev–Trinajstić information content (AvgIpc) is 2.70. The monoisotopic (exact) mass is 520 g/mol. The largest absolute Gasteiger partial charge is 0.325 e. The Kier molecular flexibility index (Phi) is 7.09. The van der Waals surface area contributed by atoms with E-state index in [0.717, 1.165) is 19.9 Å². The fraction of sp³-hybridized carbons (Fsp3) is 0.174. The zero-order chi connectivity index (χ0) is 22.8. The normalized spacial score (nSPS) is 11.3. The summed E-state index contributed by atoms with van der Waals surface area (Å²) in [6.07, 6.45) is 0. The molecule has 0 saturated heterocycles. The first kappa shape index (κ1) is 23.3. The molecule has 3 aromatic carbocycles. The summed E-state index contributed by atoms with van der Waals surface area (Å²) >= 11 is 9.49. The molecule has 0 atom stereocenters. The van der Waals surface area contributed by atoms with E-state index in [1.54, 1.807) is 55.5 Å². The highest BCUT2D eigenvalue weighted by Gasteiger charge is 2.28. The highest BCUT2D eigenvalue weighted by Crippen LogP contribution is 2.29. The summed E-state index contributed by atoms with van der Waals surface area (Å²) in [6, 6.07) is 16.8. The van der Waals surface area contributed by atoms with E-state index in [9.17, 15) is 13.2 Å². The van der Waals surface area contributed by atoms with E-state index in [0.29, 0.717) is 22.0 Å². The zero-order valence-corrected chi connectivity index (χ0v) is 20.5. The number of carbonyl (C=O) groups excluding carboxylic acids is 1. The Hall–Kier alpha value is -2.35. The number of nitrogens with one attached hydrogen (secondary N) is 1. The van der Waals surface area contributed by atoms with Gasteiger partial charge in [0.1, 0.15) is 6.54 Å². The molecule has 0 spiro atoms. The predicted octanol–water partition coefficient (Wildman–Crippen LogP) is 5.86. The minimum absolute atomic E-state index is 0.111. The van der Waals surface area contributed by atoms with Crippen molar-refractivity contribution in [2.24, 2.45) is 0 Å². The van der Waals surface area contributed by atoms with Gasteiger partial charge in [0.25, 0.3) is 10.0 Å². The van der Waals surface area contributed by atoms with Crippen molar-refractivity contribution in [1.29, 1.82) is 0 Å². The molecule has 8 heteroatoms. The van der Waals surface area contributed by atoms with Gasteiger partial charge in [0.15, 0.2) is 0 Å². The lowest BCUT2D eigenvalue weighted by Crippen LogP contribution is -2.38. The molecular weight excluding hydrogens is 500 g/mol. The number of amides is 1. The SMILES string of the molecule is Cc1ccc(S(=O)(=O)N(CC(=O)Nc2ccc(Br)c(C)c2)c2ccc(Cl)cc2C)cc1. The van der Waals surface area contributed by atoms with E-state index in [1.165, 1.54) is 0 Å². The molecule has 0 heterocycles. The minimum Gasteiger partial charge on any atom is -0.325 e. The van der Waals surface area contributed by atoms with Crippen molar-refractivity contribution in [3.05, 3.63) is 86.8 Å². The third-order valence-corrected chi connectivity index (χ3v) is 7.66. The number of anilines is 2. The number of nitrogens with zero attached hydrogens (tertiary/aromatic N) is 1. The van der Waals surface area contributed by atoms with E-state index in [-0.39, 0.29) is 11.4 Å². The van der Waals surface area contributed by atoms with E-state index in [2.05, 4.69) is 21.2 Å². The molecule has 5 nitrogen and oxygen atoms in total. The Morgan fingerprint density at radius 3 is 2.26 bits per heavy atom. The van der Waals surface area contributed by atoms with Gasteiger partial charge in [0.05, 0.1) is 10.6 Å². The molecule has 1 N–H and O–H groups in total. The van der Waals surface area contributed by atoms with Crippen molar-refractivity contribution >= 4 is 54.8 Å². The number of aryl methyl sites for hydroxylation is 3. The van der Waals surface area contributed by atoms with Crippen LogP contribution in [0.4, 0.5) is 11.4 Å². The molecule has 3 aromatic rings. The molecule has 0 unspecified atom stereocenters. The molecule has 0 aromatic heterocycles. The molecule has 3 rings (SSSR count). The van der Waals surface area contributed by atoms with Gasteiger partial charge >= 0.3 is 0 Å². The molecule has 31 heavy (non-hydrogen) atoms. The van der Waals surface area contributed by atoms with E-state index < -0.39 is 15.9 Å². The number of hydrogen-bond donors (Lipinski definition) is 1. The van der Waals surface area contributed by atoms with Crippen LogP contribution < -0.4 is 9.62 Å². The van der Waals surface area contributed by atoms with Crippen LogP contribution in [-0.2, 0) is 14.8 Å². The number of sulfonamides is 1. The maximum Gasteiger partial charge on any atom is 0.264 e. The second-order valence-corrected chi connectivity index (χ2v) is 10.4. The lowest BCUT2D eigenvalue weighted by atomic mass is 10.2. The summed E-state index contributed by atoms with van der Waals surface area (Å²) in [4.78, 5) is 13.0. The Morgan fingerprint density at radius 2 is 1.65 bits per heavy atom. The van der Waals surface area contributed by atoms with Crippen LogP contribution >= 0.6 is 27.5 Å². The van der Waals surface area contributed by atoms with Gasteiger partial charge < -0.3 is 5.32 Å². The van der Waals surface area contributed by atoms with Gasteiger partial charge in [-0.15, -0.1) is 0 Å². The second kappa shape index (κ2) is 9.42. The number of hydrogen-bond acceptors (Lipinski definition) is 3. The highest BCUT2D eigenvalue weighted by atomic mass is 79.9. The maximum absolute atomic E-state index is 13.5. The molecular formula is C23H22BrClN2O3S. The highest BCUT2D eigenvalue weighted by molar-refractivity contribution is 9.10. The number of benzene rings is 3. The summed E-state index contributed by atoms with van der Waals surface area (Å²) < 4.78 is 29.0. The standard InChI is InChI=1S/C23H22BrClN2O3S/c1-15-4-8-20(9-5-15)31(29,30)27(22-11-6-18(25)12-17(22)3)14-23(28)26-19-7-10-21(24)16(2)13-19/h4-13H,14H2,1-3H3,(H,26,28). The van der Waals surface area contributed by atoms with Crippen LogP contribution in [0.15, 0.2) is 70.0 Å². The lowest BCUT2D eigenvalue weighted by Gasteiger charge is -2.26. The quantitative estimate of drug-likeness (QED) is 0.442. The van der Waals surface area contributed by atoms with E-state index in [1.807, 2.05) is 26.0 Å². The van der Waals surface area contributed by atoms with Gasteiger partial charge in [-0.25, -0.2) is 8.42 Å². The van der Waals surface area contributed by atoms with Crippen LogP contribution in [0.5, 0.6) is 0 Å². The minimum atomic E-state index is -3.99. The van der Waals surface area contributed by atoms with Gasteiger partial charge in [0, 0.05) is 15.2 Å². The van der Waals surface area contributed by atoms with Gasteiger partial charge in [-0.3, -0.25) is 9.10 Å². The molecule has 0 bridgehead atoms. The first-order chi connectivity index (χ1) is 14.6. The van der Waals surface area contributed by atoms with Crippen LogP contribution in [0, 0.1) is 20.8 Å². The Labute approximate surface area is 196 Å². The lowest BCUT2D eigenvalue weighted by molar-refractivity contribution is -0.114. The molecule has 162 valence electrons. The smallest absolute Gasteiger partial charge is 0.264 e. The van der Waals surface area contributed by atoms with Crippen LogP contribution in [0.25, 0.3) is 0 Å². The van der Waals surface area contributed by atoms with E-state index in [4.69, 9.17) is 11.6 Å². The third-order valence-electron chi connectivity index (χ3n) is 4.77. The van der Waals surface area contributed by atoms with Crippen molar-refractivity contribution in [3.8, 4) is 0 Å². The average molecular weight is 522 g/mol. The first-order valence-electron chi connectivity index (χ1n) is 9.49. The summed E-state index contributed by atoms with van der Waals surface area (Å²) in [7, 11) is -3.99. The Morgan fingerprint density at radius 1 is 0.968 bits per heavy atom. The number of carbonyl (C=O) groups is 1. The Balaban J connectivity index is 1.98. The molecule has 0 radical (unpaired) electrons. The molecule has 0 saturated carbocycles. The summed E-state index contributed by atoms with van der Waals surface area (Å²) in [5, 5.41) is 3.27. The van der Waals surface area contributed by atoms with Crippen LogP contribution in [0.1, 0.15) is 16.7 Å². The van der Waals surface area contributed by atoms with Gasteiger partial charge in [-0.05, 0) is 80.4 Å². The number of rotatable bonds is 6. The fourth-order valence-electron chi connectivity index (χ4n) is 3.09. The number of halogens is 2. The fourth-order valence-corrected chi connectivity index (χ4v) is 5.05. The van der Waals surface area contributed by atoms with Crippen LogP contribution in [0.3, 0.4) is 0 Å². The molecule has 0 aliphatic carbocycles. The topological polar surface area (TPSA) is 66.5 Å². The maximum atomic E-state index is 13.5. The molecule has 0 aliphatic rings. The van der Waals surface area contributed by atoms with Crippen molar-refractivity contribution in [2.75, 3.05) is 16.2 Å². The summed E-state index contributed by atoms with van der Waals surface area (Å²) in [5.41, 5.74) is 3.53. The summed E-state index contributed by atoms with van der Waals surface area (Å²) in [6.45, 7) is 5.17. The molecule has 1 amide bonds. The van der Waals surface area contributed by atoms with Crippen LogP contribution in [0.2, 0.25) is 5.02 Å². The second-order valence-electron chi connectivity index (χ2n) is 7.27. The molecule has 0 aliphatic heterocycles. The van der Waals surface area contributed by atoms with Crippen molar-refractivity contribution in [2.45, 2.75) is 25.7 Å². The zero-order valence-electron chi connectivity index (χ0n) is 17.3. The summed E-state index contributed by atoms with van der Waals surface area (Å²) in [5.74, 6) is -0.452. The predicted molar refractivity (Wildman–Crippen MR) is 129 cm³/mol. The molecule has 0 fully saturated rings.